The van der Waals surface area contributed by atoms with E-state index in [4.69, 9.17) is 11.5 Å². The lowest BCUT2D eigenvalue weighted by Crippen LogP contribution is -2.39. The highest BCUT2D eigenvalue weighted by Crippen LogP contribution is 2.37. The molecule has 0 spiro atoms. The van der Waals surface area contributed by atoms with Crippen LogP contribution >= 0.6 is 12.4 Å². The van der Waals surface area contributed by atoms with Crippen molar-refractivity contribution in [3.63, 3.8) is 0 Å². The van der Waals surface area contributed by atoms with Gasteiger partial charge in [-0.25, -0.2) is 4.79 Å². The average Bonchev–Trinajstić information content (AvgIpc) is 3.09. The number of benzene rings is 1. The highest BCUT2D eigenvalue weighted by atomic mass is 35.5. The number of nitrogens with one attached hydrogen (secondary N) is 1. The molecule has 1 saturated carbocycles. The lowest BCUT2D eigenvalue weighted by molar-refractivity contribution is -0.131. The molecule has 2 aliphatic rings. The number of rotatable bonds is 4. The number of fused-ring (bicyclic) bond motifs is 1. The van der Waals surface area contributed by atoms with Crippen LogP contribution in [0.4, 0.5) is 4.79 Å². The molecule has 1 aliphatic carbocycles. The van der Waals surface area contributed by atoms with Crippen molar-refractivity contribution in [1.29, 1.82) is 0 Å². The van der Waals surface area contributed by atoms with Gasteiger partial charge in [-0.1, -0.05) is 24.3 Å². The van der Waals surface area contributed by atoms with E-state index in [1.54, 1.807) is 0 Å². The molecule has 5 N–H and O–H groups in total. The molecule has 7 heteroatoms. The number of carbonyl (C=O) groups excluding carboxylic acids is 2. The molecule has 4 atom stereocenters. The fourth-order valence-corrected chi connectivity index (χ4v) is 4.20. The summed E-state index contributed by atoms with van der Waals surface area (Å²) in [5, 5.41) is 2.72. The zero-order chi connectivity index (χ0) is 17.3. The van der Waals surface area contributed by atoms with Gasteiger partial charge in [0.2, 0.25) is 5.91 Å². The number of primary amides is 1. The van der Waals surface area contributed by atoms with Crippen molar-refractivity contribution in [1.82, 2.24) is 10.2 Å². The molecule has 1 aromatic carbocycles. The van der Waals surface area contributed by atoms with Crippen LogP contribution in [0.25, 0.3) is 0 Å². The van der Waals surface area contributed by atoms with Crippen molar-refractivity contribution in [3.05, 3.63) is 35.4 Å². The number of amides is 3. The number of carbonyl (C=O) groups is 2. The number of hydrogen-bond acceptors (Lipinski definition) is 3. The Balaban J connectivity index is 0.00000225. The van der Waals surface area contributed by atoms with E-state index < -0.39 is 12.1 Å². The van der Waals surface area contributed by atoms with Crippen LogP contribution in [0.5, 0.6) is 0 Å². The van der Waals surface area contributed by atoms with Crippen molar-refractivity contribution >= 4 is 24.3 Å². The quantitative estimate of drug-likeness (QED) is 0.755. The first-order chi connectivity index (χ1) is 11.5. The molecular weight excluding hydrogens is 340 g/mol. The second kappa shape index (κ2) is 8.06. The van der Waals surface area contributed by atoms with Crippen LogP contribution in [0.15, 0.2) is 24.3 Å². The van der Waals surface area contributed by atoms with E-state index in [2.05, 4.69) is 5.32 Å². The Kier molecular flexibility index (Phi) is 6.30. The molecule has 0 bridgehead atoms. The highest BCUT2D eigenvalue weighted by molar-refractivity contribution is 5.85. The molecule has 1 saturated heterocycles. The summed E-state index contributed by atoms with van der Waals surface area (Å²) in [4.78, 5) is 26.0. The predicted octanol–water partition coefficient (Wildman–Crippen LogP) is 1.71. The lowest BCUT2D eigenvalue weighted by atomic mass is 9.98. The number of aryl methyl sites for hydroxylation is 1. The minimum Gasteiger partial charge on any atom is -0.352 e. The largest absolute Gasteiger partial charge is 0.352 e. The molecule has 0 aromatic heterocycles. The van der Waals surface area contributed by atoms with E-state index in [1.165, 1.54) is 0 Å². The highest BCUT2D eigenvalue weighted by Gasteiger charge is 2.42. The van der Waals surface area contributed by atoms with Crippen LogP contribution in [-0.4, -0.2) is 36.0 Å². The van der Waals surface area contributed by atoms with Gasteiger partial charge in [0, 0.05) is 19.1 Å². The van der Waals surface area contributed by atoms with Crippen LogP contribution in [-0.2, 0) is 4.79 Å². The van der Waals surface area contributed by atoms with Gasteiger partial charge in [-0.3, -0.25) is 4.79 Å². The Morgan fingerprint density at radius 3 is 2.64 bits per heavy atom. The Morgan fingerprint density at radius 1 is 1.28 bits per heavy atom. The monoisotopic (exact) mass is 366 g/mol. The van der Waals surface area contributed by atoms with Crippen LogP contribution in [0.2, 0.25) is 0 Å². The zero-order valence-corrected chi connectivity index (χ0v) is 15.3. The van der Waals surface area contributed by atoms with Gasteiger partial charge in [-0.05, 0) is 42.7 Å². The molecule has 1 aliphatic heterocycles. The summed E-state index contributed by atoms with van der Waals surface area (Å²) in [5.41, 5.74) is 13.4. The topological polar surface area (TPSA) is 101 Å². The number of hydrogen-bond donors (Lipinski definition) is 3. The second-order valence-corrected chi connectivity index (χ2v) is 7.09. The van der Waals surface area contributed by atoms with Gasteiger partial charge in [0.1, 0.15) is 0 Å². The van der Waals surface area contributed by atoms with Crippen LogP contribution in [0.3, 0.4) is 0 Å². The van der Waals surface area contributed by atoms with Crippen molar-refractivity contribution in [3.8, 4) is 0 Å². The smallest absolute Gasteiger partial charge is 0.312 e. The summed E-state index contributed by atoms with van der Waals surface area (Å²) in [6.45, 7) is 3.49. The lowest BCUT2D eigenvalue weighted by Gasteiger charge is -2.24. The van der Waals surface area contributed by atoms with E-state index in [1.807, 2.05) is 36.1 Å². The van der Waals surface area contributed by atoms with Crippen molar-refractivity contribution < 1.29 is 9.59 Å². The molecular formula is C18H27ClN4O2. The maximum absolute atomic E-state index is 12.8. The first kappa shape index (κ1) is 19.5. The number of halogens is 1. The van der Waals surface area contributed by atoms with Gasteiger partial charge in [0.15, 0.2) is 0 Å². The molecule has 4 unspecified atom stereocenters. The molecule has 3 amide bonds. The molecule has 6 nitrogen and oxygen atoms in total. The number of nitrogens with two attached hydrogens (primary N) is 2. The summed E-state index contributed by atoms with van der Waals surface area (Å²) >= 11 is 0. The number of likely N-dealkylation sites (tertiary alicyclic amines) is 1. The maximum Gasteiger partial charge on any atom is 0.312 e. The standard InChI is InChI=1S/C18H26N4O2.ClH/c1-11-4-2-3-5-13(11)16(21-18(20)24)8-17(23)22-9-12-6-7-15(19)14(12)10-22;/h2-5,12,14-16H,6-10,19H2,1H3,(H3,20,21,24);1H. The fraction of sp³-hybridized carbons (Fsp3) is 0.556. The summed E-state index contributed by atoms with van der Waals surface area (Å²) < 4.78 is 0. The van der Waals surface area contributed by atoms with Crippen LogP contribution in [0, 0.1) is 18.8 Å². The van der Waals surface area contributed by atoms with Gasteiger partial charge in [-0.2, -0.15) is 0 Å². The minimum atomic E-state index is -0.614. The Labute approximate surface area is 154 Å². The van der Waals surface area contributed by atoms with Gasteiger partial charge >= 0.3 is 6.03 Å². The predicted molar refractivity (Wildman–Crippen MR) is 99.3 cm³/mol. The van der Waals surface area contributed by atoms with Gasteiger partial charge < -0.3 is 21.7 Å². The third-order valence-electron chi connectivity index (χ3n) is 5.52. The minimum absolute atomic E-state index is 0. The third kappa shape index (κ3) is 4.25. The van der Waals surface area contributed by atoms with Crippen LogP contribution in [0.1, 0.15) is 36.4 Å². The van der Waals surface area contributed by atoms with E-state index in [-0.39, 0.29) is 30.8 Å². The molecule has 138 valence electrons. The Hall–Kier alpha value is -1.79. The first-order valence-electron chi connectivity index (χ1n) is 8.60. The molecule has 2 fully saturated rings. The maximum atomic E-state index is 12.8. The van der Waals surface area contributed by atoms with Crippen molar-refractivity contribution in [2.75, 3.05) is 13.1 Å². The normalized spacial score (nSPS) is 25.8. The van der Waals surface area contributed by atoms with Gasteiger partial charge in [0.05, 0.1) is 12.5 Å². The fourth-order valence-electron chi connectivity index (χ4n) is 4.20. The van der Waals surface area contributed by atoms with Gasteiger partial charge in [-0.15, -0.1) is 12.4 Å². The summed E-state index contributed by atoms with van der Waals surface area (Å²) in [6.07, 6.45) is 2.39. The SMILES string of the molecule is Cc1ccccc1C(CC(=O)N1CC2CCC(N)C2C1)NC(N)=O.Cl. The van der Waals surface area contributed by atoms with E-state index in [0.29, 0.717) is 11.8 Å². The molecule has 25 heavy (non-hydrogen) atoms. The van der Waals surface area contributed by atoms with Crippen molar-refractivity contribution in [2.45, 2.75) is 38.3 Å². The second-order valence-electron chi connectivity index (χ2n) is 7.09. The molecule has 0 radical (unpaired) electrons. The Morgan fingerprint density at radius 2 is 2.00 bits per heavy atom. The van der Waals surface area contributed by atoms with E-state index in [0.717, 1.165) is 37.1 Å². The van der Waals surface area contributed by atoms with Gasteiger partial charge in [0.25, 0.3) is 0 Å². The molecule has 3 rings (SSSR count). The van der Waals surface area contributed by atoms with Crippen LogP contribution < -0.4 is 16.8 Å². The number of nitrogens with zero attached hydrogens (tertiary/aromatic N) is 1. The first-order valence-corrected chi connectivity index (χ1v) is 8.60. The zero-order valence-electron chi connectivity index (χ0n) is 14.5. The average molecular weight is 367 g/mol. The summed E-state index contributed by atoms with van der Waals surface area (Å²) in [5.74, 6) is 1.01. The summed E-state index contributed by atoms with van der Waals surface area (Å²) in [6, 6.07) is 6.93. The van der Waals surface area contributed by atoms with E-state index in [9.17, 15) is 9.59 Å². The Bertz CT molecular complexity index is 639. The molecule has 1 heterocycles. The third-order valence-corrected chi connectivity index (χ3v) is 5.52. The van der Waals surface area contributed by atoms with Crippen molar-refractivity contribution in [2.24, 2.45) is 23.3 Å². The number of urea groups is 1. The summed E-state index contributed by atoms with van der Waals surface area (Å²) in [7, 11) is 0. The molecule has 1 aromatic rings. The van der Waals surface area contributed by atoms with E-state index >= 15 is 0 Å².